The third-order valence-corrected chi connectivity index (χ3v) is 5.14. The van der Waals surface area contributed by atoms with Crippen LogP contribution >= 0.6 is 0 Å². The summed E-state index contributed by atoms with van der Waals surface area (Å²) in [5, 5.41) is 9.39. The molecule has 3 N–H and O–H groups in total. The van der Waals surface area contributed by atoms with Gasteiger partial charge in [0.2, 0.25) is 0 Å². The van der Waals surface area contributed by atoms with Crippen LogP contribution in [0.5, 0.6) is 0 Å². The SMILES string of the molecule is NC(=O)c1ncccc1C1CN(C(=O)O)CCC1CCc1ccccc1. The Hall–Kier alpha value is -2.89. The number of rotatable bonds is 5. The maximum Gasteiger partial charge on any atom is 0.407 e. The molecule has 2 aromatic rings. The highest BCUT2D eigenvalue weighted by molar-refractivity contribution is 5.92. The van der Waals surface area contributed by atoms with Gasteiger partial charge in [-0.2, -0.15) is 0 Å². The lowest BCUT2D eigenvalue weighted by Gasteiger charge is -2.38. The van der Waals surface area contributed by atoms with Crippen molar-refractivity contribution in [2.75, 3.05) is 13.1 Å². The zero-order chi connectivity index (χ0) is 18.5. The van der Waals surface area contributed by atoms with Gasteiger partial charge in [-0.25, -0.2) is 4.79 Å². The van der Waals surface area contributed by atoms with E-state index in [1.54, 1.807) is 12.3 Å². The van der Waals surface area contributed by atoms with E-state index in [0.29, 0.717) is 13.1 Å². The molecule has 2 atom stereocenters. The summed E-state index contributed by atoms with van der Waals surface area (Å²) < 4.78 is 0. The van der Waals surface area contributed by atoms with Gasteiger partial charge >= 0.3 is 6.09 Å². The zero-order valence-corrected chi connectivity index (χ0v) is 14.5. The fourth-order valence-electron chi connectivity index (χ4n) is 3.79. The number of pyridine rings is 1. The van der Waals surface area contributed by atoms with Crippen LogP contribution in [0.1, 0.15) is 40.4 Å². The monoisotopic (exact) mass is 353 g/mol. The molecule has 1 saturated heterocycles. The number of carbonyl (C=O) groups excluding carboxylic acids is 1. The number of nitrogens with zero attached hydrogens (tertiary/aromatic N) is 2. The van der Waals surface area contributed by atoms with Crippen molar-refractivity contribution in [2.45, 2.75) is 25.2 Å². The van der Waals surface area contributed by atoms with Crippen molar-refractivity contribution in [3.63, 3.8) is 0 Å². The molecule has 26 heavy (non-hydrogen) atoms. The molecule has 0 bridgehead atoms. The summed E-state index contributed by atoms with van der Waals surface area (Å²) in [7, 11) is 0. The Morgan fingerprint density at radius 3 is 2.65 bits per heavy atom. The van der Waals surface area contributed by atoms with Crippen molar-refractivity contribution in [3.05, 3.63) is 65.5 Å². The normalized spacial score (nSPS) is 19.9. The molecule has 2 amide bonds. The highest BCUT2D eigenvalue weighted by Crippen LogP contribution is 2.36. The highest BCUT2D eigenvalue weighted by atomic mass is 16.4. The first-order valence-corrected chi connectivity index (χ1v) is 8.82. The summed E-state index contributed by atoms with van der Waals surface area (Å²) in [5.74, 6) is -0.386. The Kier molecular flexibility index (Phi) is 5.51. The molecule has 1 fully saturated rings. The second-order valence-electron chi connectivity index (χ2n) is 6.71. The molecule has 1 aliphatic heterocycles. The quantitative estimate of drug-likeness (QED) is 0.864. The van der Waals surface area contributed by atoms with Crippen LogP contribution in [0.15, 0.2) is 48.7 Å². The lowest BCUT2D eigenvalue weighted by molar-refractivity contribution is 0.0989. The van der Waals surface area contributed by atoms with Crippen LogP contribution in [0.4, 0.5) is 4.79 Å². The number of amides is 2. The molecule has 0 radical (unpaired) electrons. The van der Waals surface area contributed by atoms with E-state index < -0.39 is 12.0 Å². The lowest BCUT2D eigenvalue weighted by Crippen LogP contribution is -2.42. The highest BCUT2D eigenvalue weighted by Gasteiger charge is 2.34. The lowest BCUT2D eigenvalue weighted by atomic mass is 9.77. The molecular weight excluding hydrogens is 330 g/mol. The Morgan fingerprint density at radius 1 is 1.19 bits per heavy atom. The number of hydrogen-bond acceptors (Lipinski definition) is 3. The average molecular weight is 353 g/mol. The van der Waals surface area contributed by atoms with E-state index in [1.165, 1.54) is 10.5 Å². The minimum absolute atomic E-state index is 0.0836. The van der Waals surface area contributed by atoms with Crippen molar-refractivity contribution in [1.82, 2.24) is 9.88 Å². The summed E-state index contributed by atoms with van der Waals surface area (Å²) in [4.78, 5) is 28.8. The summed E-state index contributed by atoms with van der Waals surface area (Å²) in [6.45, 7) is 0.873. The molecule has 0 saturated carbocycles. The molecule has 2 heterocycles. The van der Waals surface area contributed by atoms with Gasteiger partial charge in [-0.15, -0.1) is 0 Å². The molecule has 6 nitrogen and oxygen atoms in total. The van der Waals surface area contributed by atoms with Gasteiger partial charge in [0, 0.05) is 25.2 Å². The second kappa shape index (κ2) is 7.99. The van der Waals surface area contributed by atoms with Crippen LogP contribution in [-0.4, -0.2) is 40.1 Å². The second-order valence-corrected chi connectivity index (χ2v) is 6.71. The van der Waals surface area contributed by atoms with Gasteiger partial charge in [-0.3, -0.25) is 9.78 Å². The summed E-state index contributed by atoms with van der Waals surface area (Å²) >= 11 is 0. The van der Waals surface area contributed by atoms with Crippen LogP contribution < -0.4 is 5.73 Å². The molecule has 1 aromatic heterocycles. The van der Waals surface area contributed by atoms with Crippen LogP contribution in [0.3, 0.4) is 0 Å². The summed E-state index contributed by atoms with van der Waals surface area (Å²) in [6, 6.07) is 13.8. The Balaban J connectivity index is 1.85. The van der Waals surface area contributed by atoms with E-state index in [4.69, 9.17) is 5.73 Å². The number of benzene rings is 1. The van der Waals surface area contributed by atoms with Crippen LogP contribution in [0, 0.1) is 5.92 Å². The standard InChI is InChI=1S/C20H23N3O3/c21-19(24)18-16(7-4-11-22-18)17-13-23(20(25)26)12-10-15(17)9-8-14-5-2-1-3-6-14/h1-7,11,15,17H,8-10,12-13H2,(H2,21,24)(H,25,26). The summed E-state index contributed by atoms with van der Waals surface area (Å²) in [5.41, 5.74) is 7.75. The van der Waals surface area contributed by atoms with Crippen molar-refractivity contribution in [1.29, 1.82) is 0 Å². The van der Waals surface area contributed by atoms with E-state index in [0.717, 1.165) is 24.8 Å². The van der Waals surface area contributed by atoms with Gasteiger partial charge < -0.3 is 15.7 Å². The maximum atomic E-state index is 11.8. The molecule has 6 heteroatoms. The van der Waals surface area contributed by atoms with E-state index in [2.05, 4.69) is 17.1 Å². The largest absolute Gasteiger partial charge is 0.465 e. The fraction of sp³-hybridized carbons (Fsp3) is 0.350. The number of aromatic nitrogens is 1. The number of hydrogen-bond donors (Lipinski definition) is 2. The number of piperidine rings is 1. The average Bonchev–Trinajstić information content (AvgIpc) is 2.67. The predicted octanol–water partition coefficient (Wildman–Crippen LogP) is 2.90. The van der Waals surface area contributed by atoms with Crippen LogP contribution in [0.25, 0.3) is 0 Å². The van der Waals surface area contributed by atoms with Gasteiger partial charge in [0.15, 0.2) is 0 Å². The smallest absolute Gasteiger partial charge is 0.407 e. The first-order chi connectivity index (χ1) is 12.6. The number of carboxylic acid groups (broad SMARTS) is 1. The molecule has 136 valence electrons. The maximum absolute atomic E-state index is 11.8. The van der Waals surface area contributed by atoms with E-state index >= 15 is 0 Å². The fourth-order valence-corrected chi connectivity index (χ4v) is 3.79. The molecule has 0 aliphatic carbocycles. The molecule has 3 rings (SSSR count). The van der Waals surface area contributed by atoms with Crippen molar-refractivity contribution in [3.8, 4) is 0 Å². The topological polar surface area (TPSA) is 96.5 Å². The van der Waals surface area contributed by atoms with E-state index in [9.17, 15) is 14.7 Å². The third-order valence-electron chi connectivity index (χ3n) is 5.14. The Labute approximate surface area is 152 Å². The Morgan fingerprint density at radius 2 is 1.96 bits per heavy atom. The number of carbonyl (C=O) groups is 2. The third kappa shape index (κ3) is 4.02. The first-order valence-electron chi connectivity index (χ1n) is 8.82. The molecule has 0 spiro atoms. The van der Waals surface area contributed by atoms with E-state index in [-0.39, 0.29) is 17.5 Å². The molecular formula is C20H23N3O3. The van der Waals surface area contributed by atoms with Crippen molar-refractivity contribution in [2.24, 2.45) is 11.7 Å². The van der Waals surface area contributed by atoms with Gasteiger partial charge in [0.25, 0.3) is 5.91 Å². The number of nitrogens with two attached hydrogens (primary N) is 1. The minimum atomic E-state index is -0.930. The van der Waals surface area contributed by atoms with E-state index in [1.807, 2.05) is 24.3 Å². The number of primary amides is 1. The van der Waals surface area contributed by atoms with Crippen molar-refractivity contribution < 1.29 is 14.7 Å². The zero-order valence-electron chi connectivity index (χ0n) is 14.5. The summed E-state index contributed by atoms with van der Waals surface area (Å²) in [6.07, 6.45) is 3.22. The predicted molar refractivity (Wildman–Crippen MR) is 98.0 cm³/mol. The van der Waals surface area contributed by atoms with Crippen LogP contribution in [-0.2, 0) is 6.42 Å². The number of likely N-dealkylation sites (tertiary alicyclic amines) is 1. The molecule has 1 aromatic carbocycles. The molecule has 1 aliphatic rings. The Bertz CT molecular complexity index is 779. The van der Waals surface area contributed by atoms with Gasteiger partial charge in [-0.05, 0) is 42.4 Å². The van der Waals surface area contributed by atoms with Gasteiger partial charge in [-0.1, -0.05) is 36.4 Å². The van der Waals surface area contributed by atoms with Crippen molar-refractivity contribution >= 4 is 12.0 Å². The van der Waals surface area contributed by atoms with Crippen LogP contribution in [0.2, 0.25) is 0 Å². The number of aryl methyl sites for hydroxylation is 1. The van der Waals surface area contributed by atoms with Gasteiger partial charge in [0.05, 0.1) is 0 Å². The first kappa shape index (κ1) is 17.9. The van der Waals surface area contributed by atoms with Gasteiger partial charge in [0.1, 0.15) is 5.69 Å². The molecule has 2 unspecified atom stereocenters. The minimum Gasteiger partial charge on any atom is -0.465 e.